The van der Waals surface area contributed by atoms with Crippen molar-refractivity contribution in [1.82, 2.24) is 5.32 Å². The Morgan fingerprint density at radius 1 is 1.07 bits per heavy atom. The number of alkyl carbamates (subject to hydrolysis) is 1. The first kappa shape index (κ1) is 20.4. The minimum absolute atomic E-state index is 0.0366. The van der Waals surface area contributed by atoms with E-state index < -0.39 is 35.4 Å². The number of nitro benzene ring substituents is 1. The molecule has 0 aromatic heterocycles. The molecule has 0 saturated carbocycles. The lowest BCUT2D eigenvalue weighted by atomic mass is 10.2. The van der Waals surface area contributed by atoms with E-state index in [1.165, 1.54) is 12.1 Å². The van der Waals surface area contributed by atoms with E-state index >= 15 is 0 Å². The van der Waals surface area contributed by atoms with Crippen LogP contribution in [0.2, 0.25) is 0 Å². The Morgan fingerprint density at radius 3 is 2.29 bits per heavy atom. The molecular weight excluding hydrogens is 372 g/mol. The third-order valence-electron chi connectivity index (χ3n) is 3.43. The van der Waals surface area contributed by atoms with Gasteiger partial charge in [-0.05, 0) is 17.7 Å². The second-order valence-electron chi connectivity index (χ2n) is 5.53. The molecule has 0 saturated heterocycles. The van der Waals surface area contributed by atoms with Gasteiger partial charge < -0.3 is 19.9 Å². The number of nitro groups is 1. The molecule has 28 heavy (non-hydrogen) atoms. The number of rotatable bonds is 8. The van der Waals surface area contributed by atoms with Crippen molar-refractivity contribution in [2.24, 2.45) is 0 Å². The molecule has 0 bridgehead atoms. The average Bonchev–Trinajstić information content (AvgIpc) is 2.66. The van der Waals surface area contributed by atoms with Gasteiger partial charge in [-0.25, -0.2) is 9.59 Å². The Morgan fingerprint density at radius 2 is 1.71 bits per heavy atom. The summed E-state index contributed by atoms with van der Waals surface area (Å²) in [6.45, 7) is -0.0656. The van der Waals surface area contributed by atoms with Crippen molar-refractivity contribution in [3.63, 3.8) is 0 Å². The Kier molecular flexibility index (Phi) is 7.03. The van der Waals surface area contributed by atoms with Gasteiger partial charge in [-0.1, -0.05) is 30.3 Å². The highest BCUT2D eigenvalue weighted by molar-refractivity contribution is 5.87. The number of aliphatic carboxylic acids is 1. The number of nitrogens with one attached hydrogen (secondary N) is 1. The molecule has 0 fully saturated rings. The van der Waals surface area contributed by atoms with Gasteiger partial charge in [0.2, 0.25) is 0 Å². The summed E-state index contributed by atoms with van der Waals surface area (Å²) in [5.74, 6) is -2.42. The minimum atomic E-state index is -1.50. The van der Waals surface area contributed by atoms with E-state index in [0.29, 0.717) is 5.56 Å². The molecule has 2 aromatic rings. The number of carboxylic acid groups (broad SMARTS) is 1. The number of carbonyl (C=O) groups excluding carboxylic acids is 2. The number of esters is 1. The normalized spacial score (nSPS) is 11.1. The fourth-order valence-corrected chi connectivity index (χ4v) is 2.10. The second kappa shape index (κ2) is 9.67. The Balaban J connectivity index is 1.96. The summed E-state index contributed by atoms with van der Waals surface area (Å²) in [5, 5.41) is 21.7. The van der Waals surface area contributed by atoms with Crippen molar-refractivity contribution in [1.29, 1.82) is 0 Å². The van der Waals surface area contributed by atoms with Gasteiger partial charge in [0.25, 0.3) is 5.69 Å². The molecule has 10 nitrogen and oxygen atoms in total. The number of carboxylic acids is 1. The van der Waals surface area contributed by atoms with Crippen molar-refractivity contribution in [3.05, 3.63) is 70.3 Å². The lowest BCUT2D eigenvalue weighted by Crippen LogP contribution is -2.44. The summed E-state index contributed by atoms with van der Waals surface area (Å²) in [6.07, 6.45) is -1.72. The first-order chi connectivity index (χ1) is 13.3. The molecule has 0 unspecified atom stereocenters. The van der Waals surface area contributed by atoms with Gasteiger partial charge in [-0.3, -0.25) is 14.9 Å². The summed E-state index contributed by atoms with van der Waals surface area (Å²) in [6, 6.07) is 11.9. The summed E-state index contributed by atoms with van der Waals surface area (Å²) in [4.78, 5) is 45.0. The van der Waals surface area contributed by atoms with Crippen LogP contribution in [0.3, 0.4) is 0 Å². The molecule has 0 aliphatic heterocycles. The van der Waals surface area contributed by atoms with E-state index in [-0.39, 0.29) is 18.0 Å². The lowest BCUT2D eigenvalue weighted by Gasteiger charge is -2.16. The number of hydrogen-bond acceptors (Lipinski definition) is 7. The highest BCUT2D eigenvalue weighted by Gasteiger charge is 2.26. The van der Waals surface area contributed by atoms with Gasteiger partial charge in [0.15, 0.2) is 0 Å². The molecule has 2 N–H and O–H groups in total. The molecule has 1 amide bonds. The molecule has 0 radical (unpaired) electrons. The zero-order chi connectivity index (χ0) is 20.5. The number of carbonyl (C=O) groups is 3. The standard InChI is InChI=1S/C18H16N2O8/c21-16(22)10-15(19-18(24)27-11-12-4-2-1-3-5-12)17(23)28-14-8-6-13(7-9-14)20(25)26/h1-9,15H,10-11H2,(H,19,24)(H,21,22)/t15-/m0/s1. The molecule has 10 heteroatoms. The number of benzene rings is 2. The maximum absolute atomic E-state index is 12.2. The Bertz CT molecular complexity index is 852. The molecule has 146 valence electrons. The molecule has 0 heterocycles. The second-order valence-corrected chi connectivity index (χ2v) is 5.53. The number of ether oxygens (including phenoxy) is 2. The van der Waals surface area contributed by atoms with Crippen LogP contribution in [0, 0.1) is 10.1 Å². The molecule has 0 aliphatic carbocycles. The van der Waals surface area contributed by atoms with Crippen LogP contribution in [-0.2, 0) is 20.9 Å². The van der Waals surface area contributed by atoms with Crippen molar-refractivity contribution < 1.29 is 33.9 Å². The van der Waals surface area contributed by atoms with Crippen LogP contribution in [0.4, 0.5) is 10.5 Å². The smallest absolute Gasteiger partial charge is 0.408 e. The highest BCUT2D eigenvalue weighted by atomic mass is 16.6. The monoisotopic (exact) mass is 388 g/mol. The molecule has 0 spiro atoms. The van der Waals surface area contributed by atoms with E-state index in [0.717, 1.165) is 12.1 Å². The summed E-state index contributed by atoms with van der Waals surface area (Å²) in [5.41, 5.74) is 0.505. The van der Waals surface area contributed by atoms with Gasteiger partial charge in [-0.15, -0.1) is 0 Å². The van der Waals surface area contributed by atoms with Gasteiger partial charge in [-0.2, -0.15) is 0 Å². The first-order valence-corrected chi connectivity index (χ1v) is 8.00. The van der Waals surface area contributed by atoms with Gasteiger partial charge in [0.05, 0.1) is 11.3 Å². The van der Waals surface area contributed by atoms with Crippen molar-refractivity contribution >= 4 is 23.7 Å². The van der Waals surface area contributed by atoms with E-state index in [4.69, 9.17) is 14.6 Å². The Labute approximate surface area is 158 Å². The molecular formula is C18H16N2O8. The number of nitrogens with zero attached hydrogens (tertiary/aromatic N) is 1. The summed E-state index contributed by atoms with van der Waals surface area (Å²) < 4.78 is 9.94. The molecule has 1 atom stereocenters. The third-order valence-corrected chi connectivity index (χ3v) is 3.43. The predicted molar refractivity (Wildman–Crippen MR) is 94.5 cm³/mol. The van der Waals surface area contributed by atoms with Crippen LogP contribution in [-0.4, -0.2) is 34.1 Å². The van der Waals surface area contributed by atoms with Crippen LogP contribution in [0.25, 0.3) is 0 Å². The maximum atomic E-state index is 12.2. The largest absolute Gasteiger partial charge is 0.481 e. The maximum Gasteiger partial charge on any atom is 0.408 e. The fraction of sp³-hybridized carbons (Fsp3) is 0.167. The zero-order valence-corrected chi connectivity index (χ0v) is 14.4. The number of hydrogen-bond donors (Lipinski definition) is 2. The van der Waals surface area contributed by atoms with E-state index in [9.17, 15) is 24.5 Å². The van der Waals surface area contributed by atoms with Crippen LogP contribution in [0.5, 0.6) is 5.75 Å². The van der Waals surface area contributed by atoms with Crippen LogP contribution in [0.1, 0.15) is 12.0 Å². The SMILES string of the molecule is O=C(O)C[C@H](NC(=O)OCc1ccccc1)C(=O)Oc1ccc([N+](=O)[O-])cc1. The van der Waals surface area contributed by atoms with Crippen molar-refractivity contribution in [3.8, 4) is 5.75 Å². The van der Waals surface area contributed by atoms with E-state index in [1.54, 1.807) is 30.3 Å². The molecule has 0 aliphatic rings. The molecule has 2 aromatic carbocycles. The van der Waals surface area contributed by atoms with Crippen molar-refractivity contribution in [2.75, 3.05) is 0 Å². The van der Waals surface area contributed by atoms with Crippen LogP contribution < -0.4 is 10.1 Å². The van der Waals surface area contributed by atoms with E-state index in [1.807, 2.05) is 0 Å². The highest BCUT2D eigenvalue weighted by Crippen LogP contribution is 2.18. The lowest BCUT2D eigenvalue weighted by molar-refractivity contribution is -0.384. The fourth-order valence-electron chi connectivity index (χ4n) is 2.10. The first-order valence-electron chi connectivity index (χ1n) is 8.00. The molecule has 2 rings (SSSR count). The van der Waals surface area contributed by atoms with Gasteiger partial charge >= 0.3 is 18.0 Å². The summed E-state index contributed by atoms with van der Waals surface area (Å²) >= 11 is 0. The predicted octanol–water partition coefficient (Wildman–Crippen LogP) is 2.27. The Hall–Kier alpha value is -3.95. The third kappa shape index (κ3) is 6.41. The van der Waals surface area contributed by atoms with E-state index in [2.05, 4.69) is 5.32 Å². The zero-order valence-electron chi connectivity index (χ0n) is 14.4. The quantitative estimate of drug-likeness (QED) is 0.303. The van der Waals surface area contributed by atoms with Crippen LogP contribution >= 0.6 is 0 Å². The minimum Gasteiger partial charge on any atom is -0.481 e. The number of non-ortho nitro benzene ring substituents is 1. The topological polar surface area (TPSA) is 145 Å². The average molecular weight is 388 g/mol. The summed E-state index contributed by atoms with van der Waals surface area (Å²) in [7, 11) is 0. The van der Waals surface area contributed by atoms with Gasteiger partial charge in [0.1, 0.15) is 18.4 Å². The van der Waals surface area contributed by atoms with Crippen molar-refractivity contribution in [2.45, 2.75) is 19.1 Å². The van der Waals surface area contributed by atoms with Gasteiger partial charge in [0, 0.05) is 12.1 Å². The number of amides is 1. The van der Waals surface area contributed by atoms with Crippen LogP contribution in [0.15, 0.2) is 54.6 Å².